The Kier molecular flexibility index (Phi) is 7.36. The molecule has 138 valence electrons. The van der Waals surface area contributed by atoms with E-state index in [2.05, 4.69) is 66.0 Å². The number of hydrogen-bond donors (Lipinski definition) is 3. The SMILES string of the molecule is O=C(O)CCC(=O)O.c1ccc(C2(c3ccccc3)CCNCC2)cc1. The number of rotatable bonds is 5. The lowest BCUT2D eigenvalue weighted by Crippen LogP contribution is -2.40. The van der Waals surface area contributed by atoms with E-state index in [1.165, 1.54) is 24.0 Å². The number of benzene rings is 2. The summed E-state index contributed by atoms with van der Waals surface area (Å²) in [7, 11) is 0. The number of piperidine rings is 1. The van der Waals surface area contributed by atoms with Crippen molar-refractivity contribution in [2.45, 2.75) is 31.1 Å². The van der Waals surface area contributed by atoms with Crippen LogP contribution in [0.5, 0.6) is 0 Å². The van der Waals surface area contributed by atoms with Gasteiger partial charge in [0.2, 0.25) is 0 Å². The molecule has 3 N–H and O–H groups in total. The average molecular weight is 355 g/mol. The predicted molar refractivity (Wildman–Crippen MR) is 100 cm³/mol. The van der Waals surface area contributed by atoms with Gasteiger partial charge in [-0.2, -0.15) is 0 Å². The van der Waals surface area contributed by atoms with Crippen molar-refractivity contribution in [3.05, 3.63) is 71.8 Å². The number of carboxylic acids is 2. The molecule has 2 aromatic rings. The Bertz CT molecular complexity index is 639. The van der Waals surface area contributed by atoms with Gasteiger partial charge in [-0.25, -0.2) is 0 Å². The van der Waals surface area contributed by atoms with Crippen LogP contribution in [0.4, 0.5) is 0 Å². The van der Waals surface area contributed by atoms with Crippen LogP contribution in [0.15, 0.2) is 60.7 Å². The maximum absolute atomic E-state index is 9.64. The fraction of sp³-hybridized carbons (Fsp3) is 0.333. The van der Waals surface area contributed by atoms with E-state index in [1.807, 2.05) is 0 Å². The molecule has 0 radical (unpaired) electrons. The summed E-state index contributed by atoms with van der Waals surface area (Å²) in [5, 5.41) is 19.3. The predicted octanol–water partition coefficient (Wildman–Crippen LogP) is 3.29. The van der Waals surface area contributed by atoms with Crippen molar-refractivity contribution in [3.63, 3.8) is 0 Å². The number of aliphatic carboxylic acids is 2. The van der Waals surface area contributed by atoms with E-state index in [-0.39, 0.29) is 18.3 Å². The van der Waals surface area contributed by atoms with Crippen molar-refractivity contribution >= 4 is 11.9 Å². The molecule has 5 nitrogen and oxygen atoms in total. The van der Waals surface area contributed by atoms with E-state index in [4.69, 9.17) is 10.2 Å². The summed E-state index contributed by atoms with van der Waals surface area (Å²) in [4.78, 5) is 19.3. The first-order valence-corrected chi connectivity index (χ1v) is 8.80. The lowest BCUT2D eigenvalue weighted by atomic mass is 9.68. The second-order valence-electron chi connectivity index (χ2n) is 6.35. The number of nitrogens with one attached hydrogen (secondary N) is 1. The van der Waals surface area contributed by atoms with Gasteiger partial charge in [0, 0.05) is 5.41 Å². The van der Waals surface area contributed by atoms with Gasteiger partial charge in [-0.3, -0.25) is 9.59 Å². The average Bonchev–Trinajstić information content (AvgIpc) is 2.69. The Morgan fingerprint density at radius 2 is 1.15 bits per heavy atom. The fourth-order valence-corrected chi connectivity index (χ4v) is 3.33. The standard InChI is InChI=1S/C17H19N.C4H6O4/c1-3-7-15(8-4-1)17(11-13-18-14-12-17)16-9-5-2-6-10-16;5-3(6)1-2-4(7)8/h1-10,18H,11-14H2;1-2H2,(H,5,6)(H,7,8). The summed E-state index contributed by atoms with van der Waals surface area (Å²) in [6, 6.07) is 21.9. The van der Waals surface area contributed by atoms with Crippen LogP contribution >= 0.6 is 0 Å². The summed E-state index contributed by atoms with van der Waals surface area (Å²) in [6.45, 7) is 2.20. The molecule has 0 amide bonds. The number of carboxylic acid groups (broad SMARTS) is 2. The molecule has 1 saturated heterocycles. The maximum atomic E-state index is 9.64. The molecule has 0 bridgehead atoms. The van der Waals surface area contributed by atoms with E-state index in [9.17, 15) is 9.59 Å². The molecule has 0 atom stereocenters. The molecule has 0 aromatic heterocycles. The monoisotopic (exact) mass is 355 g/mol. The molecule has 26 heavy (non-hydrogen) atoms. The van der Waals surface area contributed by atoms with Gasteiger partial charge in [0.25, 0.3) is 0 Å². The summed E-state index contributed by atoms with van der Waals surface area (Å²) >= 11 is 0. The first-order chi connectivity index (χ1) is 12.5. The molecule has 1 aliphatic heterocycles. The normalized spacial score (nSPS) is 15.4. The van der Waals surface area contributed by atoms with Crippen LogP contribution in [0.2, 0.25) is 0 Å². The molecule has 2 aromatic carbocycles. The maximum Gasteiger partial charge on any atom is 0.303 e. The highest BCUT2D eigenvalue weighted by atomic mass is 16.4. The Balaban J connectivity index is 0.000000260. The largest absolute Gasteiger partial charge is 0.481 e. The van der Waals surface area contributed by atoms with Crippen LogP contribution in [0.1, 0.15) is 36.8 Å². The van der Waals surface area contributed by atoms with Gasteiger partial charge in [0.15, 0.2) is 0 Å². The van der Waals surface area contributed by atoms with Gasteiger partial charge < -0.3 is 15.5 Å². The lowest BCUT2D eigenvalue weighted by molar-refractivity contribution is -0.143. The van der Waals surface area contributed by atoms with E-state index in [0.29, 0.717) is 0 Å². The molecular weight excluding hydrogens is 330 g/mol. The number of hydrogen-bond acceptors (Lipinski definition) is 3. The minimum Gasteiger partial charge on any atom is -0.481 e. The minimum absolute atomic E-state index is 0.202. The molecule has 5 heteroatoms. The van der Waals surface area contributed by atoms with Crippen molar-refractivity contribution in [2.24, 2.45) is 0 Å². The molecule has 3 rings (SSSR count). The summed E-state index contributed by atoms with van der Waals surface area (Å²) in [5.41, 5.74) is 3.11. The molecule has 0 spiro atoms. The van der Waals surface area contributed by atoms with Crippen LogP contribution in [0.25, 0.3) is 0 Å². The Morgan fingerprint density at radius 3 is 1.50 bits per heavy atom. The second-order valence-corrected chi connectivity index (χ2v) is 6.35. The van der Waals surface area contributed by atoms with Crippen LogP contribution in [-0.4, -0.2) is 35.2 Å². The van der Waals surface area contributed by atoms with E-state index < -0.39 is 11.9 Å². The van der Waals surface area contributed by atoms with E-state index in [0.717, 1.165) is 13.1 Å². The molecule has 1 heterocycles. The highest BCUT2D eigenvalue weighted by molar-refractivity contribution is 5.75. The first kappa shape index (κ1) is 19.7. The zero-order valence-corrected chi connectivity index (χ0v) is 14.7. The molecular formula is C21H25NO4. The zero-order valence-electron chi connectivity index (χ0n) is 14.7. The van der Waals surface area contributed by atoms with Crippen molar-refractivity contribution in [1.29, 1.82) is 0 Å². The fourth-order valence-electron chi connectivity index (χ4n) is 3.33. The highest BCUT2D eigenvalue weighted by Crippen LogP contribution is 2.39. The minimum atomic E-state index is -1.08. The molecule has 1 fully saturated rings. The topological polar surface area (TPSA) is 86.6 Å². The van der Waals surface area contributed by atoms with Gasteiger partial charge in [0.1, 0.15) is 0 Å². The van der Waals surface area contributed by atoms with E-state index in [1.54, 1.807) is 0 Å². The van der Waals surface area contributed by atoms with Crippen molar-refractivity contribution < 1.29 is 19.8 Å². The molecule has 0 saturated carbocycles. The summed E-state index contributed by atoms with van der Waals surface area (Å²) < 4.78 is 0. The third-order valence-corrected chi connectivity index (χ3v) is 4.66. The smallest absolute Gasteiger partial charge is 0.303 e. The van der Waals surface area contributed by atoms with Crippen LogP contribution < -0.4 is 5.32 Å². The van der Waals surface area contributed by atoms with Gasteiger partial charge in [-0.15, -0.1) is 0 Å². The Morgan fingerprint density at radius 1 is 0.769 bits per heavy atom. The molecule has 1 aliphatic rings. The van der Waals surface area contributed by atoms with Crippen LogP contribution in [0.3, 0.4) is 0 Å². The lowest BCUT2D eigenvalue weighted by Gasteiger charge is -2.39. The van der Waals surface area contributed by atoms with Gasteiger partial charge in [0.05, 0.1) is 12.8 Å². The quantitative estimate of drug-likeness (QED) is 0.766. The van der Waals surface area contributed by atoms with Gasteiger partial charge in [-0.05, 0) is 37.1 Å². The van der Waals surface area contributed by atoms with Crippen LogP contribution in [-0.2, 0) is 15.0 Å². The van der Waals surface area contributed by atoms with E-state index >= 15 is 0 Å². The van der Waals surface area contributed by atoms with Crippen LogP contribution in [0, 0.1) is 0 Å². The summed E-state index contributed by atoms with van der Waals surface area (Å²) in [6.07, 6.45) is 1.77. The zero-order chi connectivity index (χ0) is 18.8. The van der Waals surface area contributed by atoms with Crippen molar-refractivity contribution in [1.82, 2.24) is 5.32 Å². The highest BCUT2D eigenvalue weighted by Gasteiger charge is 2.35. The van der Waals surface area contributed by atoms with Gasteiger partial charge >= 0.3 is 11.9 Å². The number of carbonyl (C=O) groups is 2. The first-order valence-electron chi connectivity index (χ1n) is 8.80. The second kappa shape index (κ2) is 9.73. The van der Waals surface area contributed by atoms with Crippen molar-refractivity contribution in [2.75, 3.05) is 13.1 Å². The third kappa shape index (κ3) is 5.43. The third-order valence-electron chi connectivity index (χ3n) is 4.66. The Labute approximate surface area is 153 Å². The van der Waals surface area contributed by atoms with Crippen molar-refractivity contribution in [3.8, 4) is 0 Å². The van der Waals surface area contributed by atoms with Gasteiger partial charge in [-0.1, -0.05) is 60.7 Å². The molecule has 0 aliphatic carbocycles. The Hall–Kier alpha value is -2.66. The summed E-state index contributed by atoms with van der Waals surface area (Å²) in [5.74, 6) is -2.15. The molecule has 0 unspecified atom stereocenters.